The van der Waals surface area contributed by atoms with E-state index in [1.807, 2.05) is 0 Å². The lowest BCUT2D eigenvalue weighted by Gasteiger charge is -1.96. The lowest BCUT2D eigenvalue weighted by atomic mass is 10.1. The molecule has 0 aliphatic heterocycles. The van der Waals surface area contributed by atoms with Crippen molar-refractivity contribution >= 4 is 27.6 Å². The van der Waals surface area contributed by atoms with Crippen molar-refractivity contribution in [3.8, 4) is 10.4 Å². The molecule has 2 heterocycles. The van der Waals surface area contributed by atoms with Crippen molar-refractivity contribution in [1.29, 1.82) is 0 Å². The lowest BCUT2D eigenvalue weighted by Crippen LogP contribution is -1.81. The average Bonchev–Trinajstić information content (AvgIpc) is 2.83. The third-order valence-electron chi connectivity index (χ3n) is 2.89. The van der Waals surface area contributed by atoms with Gasteiger partial charge in [0.05, 0.1) is 5.69 Å². The Labute approximate surface area is 110 Å². The molecule has 0 spiro atoms. The molecule has 18 heavy (non-hydrogen) atoms. The third kappa shape index (κ3) is 1.83. The summed E-state index contributed by atoms with van der Waals surface area (Å²) in [7, 11) is 0. The van der Waals surface area contributed by atoms with Gasteiger partial charge < -0.3 is 0 Å². The summed E-state index contributed by atoms with van der Waals surface area (Å²) in [6, 6.07) is 10.7. The molecule has 0 saturated carbocycles. The van der Waals surface area contributed by atoms with Gasteiger partial charge in [-0.15, -0.1) is 11.3 Å². The Bertz CT molecular complexity index is 711. The molecule has 0 bridgehead atoms. The van der Waals surface area contributed by atoms with Crippen molar-refractivity contribution in [3.05, 3.63) is 54.5 Å². The van der Waals surface area contributed by atoms with Crippen LogP contribution in [0.25, 0.3) is 26.7 Å². The molecule has 0 saturated heterocycles. The predicted molar refractivity (Wildman–Crippen MR) is 77.7 cm³/mol. The first kappa shape index (κ1) is 11.1. The Balaban J connectivity index is 2.19. The normalized spacial score (nSPS) is 10.7. The monoisotopic (exact) mass is 252 g/mol. The summed E-state index contributed by atoms with van der Waals surface area (Å²) in [5.74, 6) is 0. The minimum atomic E-state index is 0.898. The molecule has 0 aliphatic carbocycles. The van der Waals surface area contributed by atoms with Crippen LogP contribution in [0.15, 0.2) is 43.2 Å². The summed E-state index contributed by atoms with van der Waals surface area (Å²) in [5.41, 5.74) is 3.39. The van der Waals surface area contributed by atoms with Crippen LogP contribution in [0.1, 0.15) is 11.3 Å². The summed E-state index contributed by atoms with van der Waals surface area (Å²) >= 11 is 1.69. The third-order valence-corrected chi connectivity index (χ3v) is 3.98. The van der Waals surface area contributed by atoms with Gasteiger partial charge in [-0.05, 0) is 24.6 Å². The fourth-order valence-electron chi connectivity index (χ4n) is 1.90. The highest BCUT2D eigenvalue weighted by molar-refractivity contribution is 7.21. The van der Waals surface area contributed by atoms with Crippen molar-refractivity contribution in [1.82, 2.24) is 9.97 Å². The molecule has 3 aromatic rings. The molecule has 2 aromatic heterocycles. The largest absolute Gasteiger partial charge is 0.236 e. The van der Waals surface area contributed by atoms with Gasteiger partial charge in [-0.3, -0.25) is 0 Å². The van der Waals surface area contributed by atoms with Crippen LogP contribution in [-0.2, 0) is 0 Å². The van der Waals surface area contributed by atoms with Crippen molar-refractivity contribution in [3.63, 3.8) is 0 Å². The Morgan fingerprint density at radius 1 is 1.17 bits per heavy atom. The molecule has 0 amide bonds. The predicted octanol–water partition coefficient (Wildman–Crippen LogP) is 4.31. The number of thiophene rings is 1. The van der Waals surface area contributed by atoms with E-state index in [9.17, 15) is 0 Å². The van der Waals surface area contributed by atoms with Gasteiger partial charge in [0.2, 0.25) is 0 Å². The van der Waals surface area contributed by atoms with E-state index in [-0.39, 0.29) is 0 Å². The van der Waals surface area contributed by atoms with Gasteiger partial charge in [0.25, 0.3) is 0 Å². The first-order valence-electron chi connectivity index (χ1n) is 5.72. The van der Waals surface area contributed by atoms with Crippen LogP contribution in [0.3, 0.4) is 0 Å². The fraction of sp³-hybridized carbons (Fsp3) is 0.0667. The number of fused-ring (bicyclic) bond motifs is 1. The molecule has 88 valence electrons. The van der Waals surface area contributed by atoms with E-state index in [2.05, 4.69) is 53.8 Å². The molecule has 0 N–H and O–H groups in total. The van der Waals surface area contributed by atoms with Gasteiger partial charge in [0.15, 0.2) is 0 Å². The Hall–Kier alpha value is -2.00. The number of rotatable bonds is 2. The van der Waals surface area contributed by atoms with Crippen molar-refractivity contribution < 1.29 is 0 Å². The van der Waals surface area contributed by atoms with Gasteiger partial charge in [-0.25, -0.2) is 9.97 Å². The molecule has 2 nitrogen and oxygen atoms in total. The van der Waals surface area contributed by atoms with Gasteiger partial charge in [-0.1, -0.05) is 36.4 Å². The highest BCUT2D eigenvalue weighted by Crippen LogP contribution is 2.33. The van der Waals surface area contributed by atoms with Crippen LogP contribution < -0.4 is 0 Å². The smallest absolute Gasteiger partial charge is 0.127 e. The molecule has 3 rings (SSSR count). The Kier molecular flexibility index (Phi) is 2.68. The molecule has 0 aliphatic rings. The minimum Gasteiger partial charge on any atom is -0.236 e. The lowest BCUT2D eigenvalue weighted by molar-refractivity contribution is 1.22. The van der Waals surface area contributed by atoms with Gasteiger partial charge in [0.1, 0.15) is 11.2 Å². The molecule has 0 unspecified atom stereocenters. The maximum atomic E-state index is 4.31. The Morgan fingerprint density at radius 3 is 2.67 bits per heavy atom. The first-order valence-corrected chi connectivity index (χ1v) is 6.53. The first-order chi connectivity index (χ1) is 8.78. The molecule has 0 atom stereocenters. The molecule has 1 aromatic carbocycles. The van der Waals surface area contributed by atoms with Crippen molar-refractivity contribution in [2.24, 2.45) is 0 Å². The standard InChI is InChI=1S/C15H12N2S/c1-3-13-12-8-14(18-15(12)17-9-16-13)11-6-4-10(2)5-7-11/h3-9H,1H2,2H3. The second kappa shape index (κ2) is 4.35. The zero-order chi connectivity index (χ0) is 12.5. The quantitative estimate of drug-likeness (QED) is 0.679. The van der Waals surface area contributed by atoms with Crippen molar-refractivity contribution in [2.45, 2.75) is 6.92 Å². The summed E-state index contributed by atoms with van der Waals surface area (Å²) in [5, 5.41) is 1.08. The van der Waals surface area contributed by atoms with E-state index in [1.165, 1.54) is 16.0 Å². The van der Waals surface area contributed by atoms with Gasteiger partial charge in [-0.2, -0.15) is 0 Å². The number of aryl methyl sites for hydroxylation is 1. The van der Waals surface area contributed by atoms with Crippen LogP contribution in [0.4, 0.5) is 0 Å². The van der Waals surface area contributed by atoms with E-state index in [0.29, 0.717) is 0 Å². The summed E-state index contributed by atoms with van der Waals surface area (Å²) < 4.78 is 0. The van der Waals surface area contributed by atoms with Gasteiger partial charge in [0, 0.05) is 10.3 Å². The van der Waals surface area contributed by atoms with Crippen LogP contribution in [0.2, 0.25) is 0 Å². The maximum absolute atomic E-state index is 4.31. The summed E-state index contributed by atoms with van der Waals surface area (Å²) in [6.45, 7) is 5.88. The second-order valence-electron chi connectivity index (χ2n) is 4.16. The number of benzene rings is 1. The molecule has 0 fully saturated rings. The van der Waals surface area contributed by atoms with E-state index in [0.717, 1.165) is 15.9 Å². The number of hydrogen-bond acceptors (Lipinski definition) is 3. The second-order valence-corrected chi connectivity index (χ2v) is 5.19. The number of nitrogens with zero attached hydrogens (tertiary/aromatic N) is 2. The summed E-state index contributed by atoms with van der Waals surface area (Å²) in [4.78, 5) is 10.8. The maximum Gasteiger partial charge on any atom is 0.127 e. The van der Waals surface area contributed by atoms with E-state index in [4.69, 9.17) is 0 Å². The zero-order valence-corrected chi connectivity index (χ0v) is 10.9. The molecule has 0 radical (unpaired) electrons. The SMILES string of the molecule is C=Cc1ncnc2sc(-c3ccc(C)cc3)cc12. The zero-order valence-electron chi connectivity index (χ0n) is 10.1. The van der Waals surface area contributed by atoms with E-state index >= 15 is 0 Å². The molecular weight excluding hydrogens is 240 g/mol. The fourth-order valence-corrected chi connectivity index (χ4v) is 2.91. The molecule has 3 heteroatoms. The van der Waals surface area contributed by atoms with Crippen LogP contribution in [-0.4, -0.2) is 9.97 Å². The van der Waals surface area contributed by atoms with E-state index < -0.39 is 0 Å². The highest BCUT2D eigenvalue weighted by atomic mass is 32.1. The van der Waals surface area contributed by atoms with Crippen molar-refractivity contribution in [2.75, 3.05) is 0 Å². The highest BCUT2D eigenvalue weighted by Gasteiger charge is 2.08. The number of aromatic nitrogens is 2. The van der Waals surface area contributed by atoms with E-state index in [1.54, 1.807) is 23.7 Å². The average molecular weight is 252 g/mol. The Morgan fingerprint density at radius 2 is 1.94 bits per heavy atom. The van der Waals surface area contributed by atoms with Gasteiger partial charge >= 0.3 is 0 Å². The topological polar surface area (TPSA) is 25.8 Å². The van der Waals surface area contributed by atoms with Crippen LogP contribution in [0.5, 0.6) is 0 Å². The molecular formula is C15H12N2S. The summed E-state index contributed by atoms with van der Waals surface area (Å²) in [6.07, 6.45) is 3.37. The number of hydrogen-bond donors (Lipinski definition) is 0. The van der Waals surface area contributed by atoms with Crippen LogP contribution >= 0.6 is 11.3 Å². The van der Waals surface area contributed by atoms with Crippen LogP contribution in [0, 0.1) is 6.92 Å². The minimum absolute atomic E-state index is 0.898.